The predicted octanol–water partition coefficient (Wildman–Crippen LogP) is 3.16. The molecule has 0 aliphatic rings. The maximum Gasteiger partial charge on any atom is 0.168 e. The molecule has 2 aromatic carbocycles. The van der Waals surface area contributed by atoms with Crippen molar-refractivity contribution >= 4 is 0 Å². The zero-order chi connectivity index (χ0) is 13.8. The summed E-state index contributed by atoms with van der Waals surface area (Å²) in [5.74, 6) is -0.193. The standard InChI is InChI=1S/C15H15FO3/c1-10(18)12-6-4-7-13(16)15(12)19-14-8-3-2-5-11(14)9-17/h2-8,10,17-18H,9H2,1H3/t10-/m1/s1. The van der Waals surface area contributed by atoms with Crippen LogP contribution in [0.5, 0.6) is 11.5 Å². The van der Waals surface area contributed by atoms with E-state index in [1.165, 1.54) is 12.1 Å². The lowest BCUT2D eigenvalue weighted by atomic mass is 10.1. The van der Waals surface area contributed by atoms with Crippen molar-refractivity contribution in [1.29, 1.82) is 0 Å². The number of halogens is 1. The Labute approximate surface area is 110 Å². The molecular formula is C15H15FO3. The summed E-state index contributed by atoms with van der Waals surface area (Å²) in [7, 11) is 0. The first-order chi connectivity index (χ1) is 9.13. The third-order valence-corrected chi connectivity index (χ3v) is 2.80. The van der Waals surface area contributed by atoms with Crippen LogP contribution in [-0.4, -0.2) is 10.2 Å². The highest BCUT2D eigenvalue weighted by molar-refractivity contribution is 5.42. The lowest BCUT2D eigenvalue weighted by Crippen LogP contribution is -2.00. The molecule has 2 aromatic rings. The molecule has 0 bridgehead atoms. The van der Waals surface area contributed by atoms with E-state index >= 15 is 0 Å². The van der Waals surface area contributed by atoms with Crippen molar-refractivity contribution in [1.82, 2.24) is 0 Å². The van der Waals surface area contributed by atoms with Gasteiger partial charge in [-0.25, -0.2) is 4.39 Å². The van der Waals surface area contributed by atoms with Crippen LogP contribution in [0.2, 0.25) is 0 Å². The first-order valence-corrected chi connectivity index (χ1v) is 5.96. The predicted molar refractivity (Wildman–Crippen MR) is 69.5 cm³/mol. The number of para-hydroxylation sites is 2. The van der Waals surface area contributed by atoms with Crippen LogP contribution < -0.4 is 4.74 Å². The molecule has 0 saturated carbocycles. The lowest BCUT2D eigenvalue weighted by Gasteiger charge is -2.15. The van der Waals surface area contributed by atoms with Crippen LogP contribution in [0.3, 0.4) is 0 Å². The zero-order valence-corrected chi connectivity index (χ0v) is 10.5. The molecule has 0 radical (unpaired) electrons. The van der Waals surface area contributed by atoms with Crippen molar-refractivity contribution in [2.24, 2.45) is 0 Å². The molecule has 0 fully saturated rings. The fraction of sp³-hybridized carbons (Fsp3) is 0.200. The normalized spacial score (nSPS) is 12.2. The van der Waals surface area contributed by atoms with Crippen molar-refractivity contribution in [3.8, 4) is 11.5 Å². The van der Waals surface area contributed by atoms with E-state index in [9.17, 15) is 14.6 Å². The number of rotatable bonds is 4. The Kier molecular flexibility index (Phi) is 4.14. The van der Waals surface area contributed by atoms with E-state index in [1.54, 1.807) is 37.3 Å². The Morgan fingerprint density at radius 1 is 1.16 bits per heavy atom. The SMILES string of the molecule is C[C@@H](O)c1cccc(F)c1Oc1ccccc1CO. The van der Waals surface area contributed by atoms with Gasteiger partial charge in [0, 0.05) is 11.1 Å². The van der Waals surface area contributed by atoms with Crippen LogP contribution in [0.25, 0.3) is 0 Å². The highest BCUT2D eigenvalue weighted by Crippen LogP contribution is 2.33. The maximum atomic E-state index is 13.8. The fourth-order valence-electron chi connectivity index (χ4n) is 1.81. The van der Waals surface area contributed by atoms with Gasteiger partial charge >= 0.3 is 0 Å². The van der Waals surface area contributed by atoms with Gasteiger partial charge in [0.05, 0.1) is 12.7 Å². The summed E-state index contributed by atoms with van der Waals surface area (Å²) in [4.78, 5) is 0. The minimum atomic E-state index is -0.841. The molecule has 0 saturated heterocycles. The molecular weight excluding hydrogens is 247 g/mol. The molecule has 1 atom stereocenters. The van der Waals surface area contributed by atoms with Gasteiger partial charge in [0.2, 0.25) is 0 Å². The number of hydrogen-bond donors (Lipinski definition) is 2. The average molecular weight is 262 g/mol. The Balaban J connectivity index is 2.43. The number of hydrogen-bond acceptors (Lipinski definition) is 3. The third-order valence-electron chi connectivity index (χ3n) is 2.80. The average Bonchev–Trinajstić information content (AvgIpc) is 2.41. The van der Waals surface area contributed by atoms with Gasteiger partial charge in [-0.2, -0.15) is 0 Å². The van der Waals surface area contributed by atoms with E-state index < -0.39 is 11.9 Å². The molecule has 2 rings (SSSR count). The second-order valence-electron chi connectivity index (χ2n) is 4.20. The van der Waals surface area contributed by atoms with Gasteiger partial charge < -0.3 is 14.9 Å². The van der Waals surface area contributed by atoms with E-state index in [0.29, 0.717) is 16.9 Å². The summed E-state index contributed by atoms with van der Waals surface area (Å²) in [6, 6.07) is 11.2. The van der Waals surface area contributed by atoms with Gasteiger partial charge in [0.25, 0.3) is 0 Å². The third kappa shape index (κ3) is 2.92. The minimum absolute atomic E-state index is 0.0154. The topological polar surface area (TPSA) is 49.7 Å². The molecule has 2 N–H and O–H groups in total. The van der Waals surface area contributed by atoms with Crippen molar-refractivity contribution in [3.05, 3.63) is 59.4 Å². The summed E-state index contributed by atoms with van der Waals surface area (Å²) in [5, 5.41) is 18.9. The van der Waals surface area contributed by atoms with Crippen molar-refractivity contribution < 1.29 is 19.3 Å². The van der Waals surface area contributed by atoms with Gasteiger partial charge in [0.1, 0.15) is 5.75 Å². The smallest absolute Gasteiger partial charge is 0.168 e. The highest BCUT2D eigenvalue weighted by atomic mass is 19.1. The summed E-state index contributed by atoms with van der Waals surface area (Å²) in [5.41, 5.74) is 0.926. The molecule has 19 heavy (non-hydrogen) atoms. The summed E-state index contributed by atoms with van der Waals surface area (Å²) in [6.07, 6.45) is -0.841. The van der Waals surface area contributed by atoms with Crippen LogP contribution in [0.4, 0.5) is 4.39 Å². The Bertz CT molecular complexity index is 567. The van der Waals surface area contributed by atoms with Crippen molar-refractivity contribution in [2.45, 2.75) is 19.6 Å². The largest absolute Gasteiger partial charge is 0.454 e. The molecule has 0 aromatic heterocycles. The number of benzene rings is 2. The van der Waals surface area contributed by atoms with Gasteiger partial charge in [-0.05, 0) is 19.1 Å². The van der Waals surface area contributed by atoms with Gasteiger partial charge in [-0.3, -0.25) is 0 Å². The summed E-state index contributed by atoms with van der Waals surface area (Å²) >= 11 is 0. The van der Waals surface area contributed by atoms with Gasteiger partial charge in [-0.1, -0.05) is 30.3 Å². The first kappa shape index (κ1) is 13.5. The molecule has 0 amide bonds. The van der Waals surface area contributed by atoms with Gasteiger partial charge in [0.15, 0.2) is 11.6 Å². The Morgan fingerprint density at radius 2 is 1.89 bits per heavy atom. The fourth-order valence-corrected chi connectivity index (χ4v) is 1.81. The van der Waals surface area contributed by atoms with Crippen molar-refractivity contribution in [3.63, 3.8) is 0 Å². The van der Waals surface area contributed by atoms with Crippen LogP contribution >= 0.6 is 0 Å². The quantitative estimate of drug-likeness (QED) is 0.889. The number of aliphatic hydroxyl groups is 2. The molecule has 4 heteroatoms. The molecule has 3 nitrogen and oxygen atoms in total. The first-order valence-electron chi connectivity index (χ1n) is 5.96. The molecule has 0 aliphatic heterocycles. The van der Waals surface area contributed by atoms with Crippen molar-refractivity contribution in [2.75, 3.05) is 0 Å². The maximum absolute atomic E-state index is 13.8. The minimum Gasteiger partial charge on any atom is -0.454 e. The van der Waals surface area contributed by atoms with E-state index in [0.717, 1.165) is 0 Å². The zero-order valence-electron chi connectivity index (χ0n) is 10.5. The molecule has 100 valence electrons. The van der Waals surface area contributed by atoms with E-state index in [-0.39, 0.29) is 12.4 Å². The monoisotopic (exact) mass is 262 g/mol. The Hall–Kier alpha value is -1.91. The second kappa shape index (κ2) is 5.82. The van der Waals surface area contributed by atoms with E-state index in [4.69, 9.17) is 4.74 Å². The lowest BCUT2D eigenvalue weighted by molar-refractivity contribution is 0.194. The molecule has 0 heterocycles. The summed E-state index contributed by atoms with van der Waals surface area (Å²) in [6.45, 7) is 1.34. The second-order valence-corrected chi connectivity index (χ2v) is 4.20. The van der Waals surface area contributed by atoms with Crippen LogP contribution in [0.1, 0.15) is 24.2 Å². The van der Waals surface area contributed by atoms with Crippen LogP contribution in [-0.2, 0) is 6.61 Å². The summed E-state index contributed by atoms with van der Waals surface area (Å²) < 4.78 is 19.4. The molecule has 0 unspecified atom stereocenters. The van der Waals surface area contributed by atoms with E-state index in [2.05, 4.69) is 0 Å². The highest BCUT2D eigenvalue weighted by Gasteiger charge is 2.15. The Morgan fingerprint density at radius 3 is 2.58 bits per heavy atom. The molecule has 0 spiro atoms. The van der Waals surface area contributed by atoms with Crippen LogP contribution in [0.15, 0.2) is 42.5 Å². The number of ether oxygens (including phenoxy) is 1. The van der Waals surface area contributed by atoms with E-state index in [1.807, 2.05) is 0 Å². The van der Waals surface area contributed by atoms with Crippen LogP contribution in [0, 0.1) is 5.82 Å². The number of aliphatic hydroxyl groups excluding tert-OH is 2. The molecule has 0 aliphatic carbocycles. The van der Waals surface area contributed by atoms with Gasteiger partial charge in [-0.15, -0.1) is 0 Å².